The van der Waals surface area contributed by atoms with Gasteiger partial charge in [-0.3, -0.25) is 9.59 Å². The molecule has 2 aromatic carbocycles. The number of rotatable bonds is 2. The largest absolute Gasteiger partial charge is 0.427 e. The fraction of sp³-hybridized carbons (Fsp3) is 0.143. The van der Waals surface area contributed by atoms with Crippen molar-refractivity contribution >= 4 is 22.7 Å². The van der Waals surface area contributed by atoms with Crippen LogP contribution in [-0.4, -0.2) is 11.9 Å². The van der Waals surface area contributed by atoms with E-state index in [4.69, 9.17) is 9.47 Å². The van der Waals surface area contributed by atoms with Gasteiger partial charge in [-0.15, -0.1) is 0 Å². The van der Waals surface area contributed by atoms with E-state index >= 15 is 0 Å². The average molecular weight is 244 g/mol. The molecule has 0 aliphatic carbocycles. The van der Waals surface area contributed by atoms with Crippen molar-refractivity contribution in [3.05, 3.63) is 36.4 Å². The molecule has 2 rings (SSSR count). The molecule has 2 aromatic rings. The van der Waals surface area contributed by atoms with Crippen LogP contribution in [-0.2, 0) is 9.59 Å². The van der Waals surface area contributed by atoms with Gasteiger partial charge in [-0.2, -0.15) is 0 Å². The second kappa shape index (κ2) is 4.87. The number of hydrogen-bond donors (Lipinski definition) is 0. The Hall–Kier alpha value is -2.36. The summed E-state index contributed by atoms with van der Waals surface area (Å²) in [7, 11) is 0. The number of carbonyl (C=O) groups excluding carboxylic acids is 2. The van der Waals surface area contributed by atoms with Gasteiger partial charge >= 0.3 is 11.9 Å². The van der Waals surface area contributed by atoms with Gasteiger partial charge in [0.25, 0.3) is 0 Å². The lowest BCUT2D eigenvalue weighted by atomic mass is 10.1. The van der Waals surface area contributed by atoms with Crippen LogP contribution < -0.4 is 9.47 Å². The van der Waals surface area contributed by atoms with Crippen molar-refractivity contribution < 1.29 is 19.1 Å². The molecule has 92 valence electrons. The number of benzene rings is 2. The fourth-order valence-electron chi connectivity index (χ4n) is 1.70. The maximum Gasteiger partial charge on any atom is 0.308 e. The summed E-state index contributed by atoms with van der Waals surface area (Å²) in [6.07, 6.45) is 0. The van der Waals surface area contributed by atoms with Crippen molar-refractivity contribution in [3.8, 4) is 11.5 Å². The smallest absolute Gasteiger partial charge is 0.308 e. The standard InChI is InChI=1S/C14H12O4/c1-9(15)17-12-7-6-11-4-3-5-14(13(11)8-12)18-10(2)16/h3-8H,1-2H3. The zero-order chi connectivity index (χ0) is 13.1. The van der Waals surface area contributed by atoms with Gasteiger partial charge in [0.15, 0.2) is 0 Å². The minimum Gasteiger partial charge on any atom is -0.427 e. The van der Waals surface area contributed by atoms with Crippen LogP contribution in [0.15, 0.2) is 36.4 Å². The maximum absolute atomic E-state index is 11.0. The van der Waals surface area contributed by atoms with Crippen molar-refractivity contribution in [2.24, 2.45) is 0 Å². The summed E-state index contributed by atoms with van der Waals surface area (Å²) in [5.74, 6) is 0.100. The van der Waals surface area contributed by atoms with Crippen molar-refractivity contribution in [3.63, 3.8) is 0 Å². The molecule has 0 unspecified atom stereocenters. The minimum atomic E-state index is -0.390. The Morgan fingerprint density at radius 1 is 0.944 bits per heavy atom. The molecule has 0 aliphatic rings. The van der Waals surface area contributed by atoms with E-state index in [1.54, 1.807) is 30.3 Å². The summed E-state index contributed by atoms with van der Waals surface area (Å²) < 4.78 is 10.1. The molecule has 0 N–H and O–H groups in total. The molecule has 0 aromatic heterocycles. The molecule has 0 radical (unpaired) electrons. The number of hydrogen-bond acceptors (Lipinski definition) is 4. The van der Waals surface area contributed by atoms with Crippen LogP contribution in [0.5, 0.6) is 11.5 Å². The second-order valence-corrected chi connectivity index (χ2v) is 3.83. The van der Waals surface area contributed by atoms with E-state index in [-0.39, 0.29) is 11.9 Å². The first-order valence-corrected chi connectivity index (χ1v) is 5.46. The Labute approximate surface area is 104 Å². The van der Waals surface area contributed by atoms with Crippen molar-refractivity contribution in [2.45, 2.75) is 13.8 Å². The van der Waals surface area contributed by atoms with Gasteiger partial charge in [-0.25, -0.2) is 0 Å². The van der Waals surface area contributed by atoms with Gasteiger partial charge in [0.1, 0.15) is 11.5 Å². The third kappa shape index (κ3) is 2.66. The first kappa shape index (κ1) is 12.1. The van der Waals surface area contributed by atoms with Crippen molar-refractivity contribution in [1.29, 1.82) is 0 Å². The maximum atomic E-state index is 11.0. The number of ether oxygens (including phenoxy) is 2. The van der Waals surface area contributed by atoms with E-state index in [0.717, 1.165) is 10.8 Å². The SMILES string of the molecule is CC(=O)Oc1ccc2cccc(OC(C)=O)c2c1. The topological polar surface area (TPSA) is 52.6 Å². The predicted molar refractivity (Wildman–Crippen MR) is 66.6 cm³/mol. The quantitative estimate of drug-likeness (QED) is 0.602. The van der Waals surface area contributed by atoms with Gasteiger partial charge < -0.3 is 9.47 Å². The minimum absolute atomic E-state index is 0.389. The van der Waals surface area contributed by atoms with Crippen LogP contribution in [0.1, 0.15) is 13.8 Å². The number of fused-ring (bicyclic) bond motifs is 1. The van der Waals surface area contributed by atoms with Gasteiger partial charge in [0.2, 0.25) is 0 Å². The Balaban J connectivity index is 2.51. The van der Waals surface area contributed by atoms with Crippen molar-refractivity contribution in [2.75, 3.05) is 0 Å². The van der Waals surface area contributed by atoms with E-state index in [9.17, 15) is 9.59 Å². The highest BCUT2D eigenvalue weighted by atomic mass is 16.5. The Morgan fingerprint density at radius 2 is 1.67 bits per heavy atom. The average Bonchev–Trinajstić information content (AvgIpc) is 2.28. The summed E-state index contributed by atoms with van der Waals surface area (Å²) in [6.45, 7) is 2.68. The molecule has 0 fully saturated rings. The molecule has 4 nitrogen and oxygen atoms in total. The highest BCUT2D eigenvalue weighted by Gasteiger charge is 2.07. The number of esters is 2. The van der Waals surface area contributed by atoms with Crippen LogP contribution in [0.25, 0.3) is 10.8 Å². The lowest BCUT2D eigenvalue weighted by Gasteiger charge is -2.07. The van der Waals surface area contributed by atoms with Crippen LogP contribution in [0, 0.1) is 0 Å². The predicted octanol–water partition coefficient (Wildman–Crippen LogP) is 2.69. The van der Waals surface area contributed by atoms with E-state index < -0.39 is 0 Å². The Kier molecular flexibility index (Phi) is 3.28. The van der Waals surface area contributed by atoms with Gasteiger partial charge in [0, 0.05) is 19.2 Å². The zero-order valence-corrected chi connectivity index (χ0v) is 10.1. The zero-order valence-electron chi connectivity index (χ0n) is 10.1. The number of carbonyl (C=O) groups is 2. The van der Waals surface area contributed by atoms with Crippen LogP contribution >= 0.6 is 0 Å². The Bertz CT molecular complexity index is 616. The third-order valence-electron chi connectivity index (χ3n) is 2.33. The summed E-state index contributed by atoms with van der Waals surface area (Å²) in [5.41, 5.74) is 0. The molecule has 4 heteroatoms. The third-order valence-corrected chi connectivity index (χ3v) is 2.33. The molecule has 0 atom stereocenters. The monoisotopic (exact) mass is 244 g/mol. The molecule has 0 saturated carbocycles. The molecule has 18 heavy (non-hydrogen) atoms. The first-order chi connectivity index (χ1) is 8.56. The highest BCUT2D eigenvalue weighted by molar-refractivity contribution is 5.91. The molecule has 0 amide bonds. The second-order valence-electron chi connectivity index (χ2n) is 3.83. The van der Waals surface area contributed by atoms with Crippen LogP contribution in [0.4, 0.5) is 0 Å². The summed E-state index contributed by atoms with van der Waals surface area (Å²) in [4.78, 5) is 21.9. The first-order valence-electron chi connectivity index (χ1n) is 5.46. The lowest BCUT2D eigenvalue weighted by Crippen LogP contribution is -2.03. The van der Waals surface area contributed by atoms with Gasteiger partial charge in [-0.1, -0.05) is 18.2 Å². The van der Waals surface area contributed by atoms with E-state index in [1.807, 2.05) is 6.07 Å². The fourth-order valence-corrected chi connectivity index (χ4v) is 1.70. The van der Waals surface area contributed by atoms with Crippen LogP contribution in [0.2, 0.25) is 0 Å². The molecule has 0 heterocycles. The lowest BCUT2D eigenvalue weighted by molar-refractivity contribution is -0.132. The molecule has 0 saturated heterocycles. The molecular formula is C14H12O4. The molecular weight excluding hydrogens is 232 g/mol. The van der Waals surface area contributed by atoms with E-state index in [0.29, 0.717) is 11.5 Å². The summed E-state index contributed by atoms with van der Waals surface area (Å²) in [6, 6.07) is 10.6. The van der Waals surface area contributed by atoms with Crippen LogP contribution in [0.3, 0.4) is 0 Å². The summed E-state index contributed by atoms with van der Waals surface area (Å²) >= 11 is 0. The Morgan fingerprint density at radius 3 is 2.33 bits per heavy atom. The molecule has 0 aliphatic heterocycles. The van der Waals surface area contributed by atoms with Crippen molar-refractivity contribution in [1.82, 2.24) is 0 Å². The van der Waals surface area contributed by atoms with Gasteiger partial charge in [-0.05, 0) is 23.6 Å². The molecule has 0 spiro atoms. The van der Waals surface area contributed by atoms with Gasteiger partial charge in [0.05, 0.1) is 0 Å². The summed E-state index contributed by atoms with van der Waals surface area (Å²) in [5, 5.41) is 1.64. The van der Waals surface area contributed by atoms with E-state index in [2.05, 4.69) is 0 Å². The normalized spacial score (nSPS) is 10.1. The highest BCUT2D eigenvalue weighted by Crippen LogP contribution is 2.29. The molecule has 0 bridgehead atoms. The van der Waals surface area contributed by atoms with E-state index in [1.165, 1.54) is 13.8 Å².